The molecule has 7 rings (SSSR count). The van der Waals surface area contributed by atoms with Crippen molar-refractivity contribution < 1.29 is 29.3 Å². The normalized spacial score (nSPS) is 14.1. The highest BCUT2D eigenvalue weighted by Crippen LogP contribution is 2.30. The first-order chi connectivity index (χ1) is 31.0. The average Bonchev–Trinajstić information content (AvgIpc) is 3.30. The van der Waals surface area contributed by atoms with E-state index in [1.807, 2.05) is 110 Å². The number of aliphatic hydroxyl groups excluding tert-OH is 1. The molecule has 1 unspecified atom stereocenters. The first kappa shape index (κ1) is 45.2. The van der Waals surface area contributed by atoms with Crippen LogP contribution in [0.1, 0.15) is 54.5 Å². The van der Waals surface area contributed by atoms with Crippen LogP contribution >= 0.6 is 0 Å². The Morgan fingerprint density at radius 1 is 0.859 bits per heavy atom. The second-order valence-corrected chi connectivity index (χ2v) is 16.4. The zero-order valence-corrected chi connectivity index (χ0v) is 36.3. The fraction of sp³-hybridized carbons (Fsp3) is 0.294. The van der Waals surface area contributed by atoms with Crippen LogP contribution in [0, 0.1) is 0 Å². The molecule has 332 valence electrons. The Labute approximate surface area is 373 Å². The number of phenolic OH excluding ortho intramolecular Hbond substituents is 1. The van der Waals surface area contributed by atoms with E-state index in [1.54, 1.807) is 24.1 Å². The number of nitrogens with one attached hydrogen (secondary N) is 4. The third-order valence-electron chi connectivity index (χ3n) is 11.7. The lowest BCUT2D eigenvalue weighted by atomic mass is 10.0. The number of hydrogen-bond acceptors (Lipinski definition) is 9. The maximum absolute atomic E-state index is 13.2. The van der Waals surface area contributed by atoms with Crippen molar-refractivity contribution in [1.29, 1.82) is 0 Å². The van der Waals surface area contributed by atoms with Crippen molar-refractivity contribution in [1.82, 2.24) is 20.5 Å². The summed E-state index contributed by atoms with van der Waals surface area (Å²) in [6.45, 7) is 4.73. The van der Waals surface area contributed by atoms with Crippen LogP contribution < -0.4 is 26.4 Å². The Kier molecular flexibility index (Phi) is 15.2. The number of rotatable bonds is 17. The fourth-order valence-electron chi connectivity index (χ4n) is 8.12. The van der Waals surface area contributed by atoms with E-state index in [0.29, 0.717) is 60.9 Å². The smallest absolute Gasteiger partial charge is 0.411 e. The predicted octanol–water partition coefficient (Wildman–Crippen LogP) is 7.08. The van der Waals surface area contributed by atoms with Crippen LogP contribution in [0.3, 0.4) is 0 Å². The van der Waals surface area contributed by atoms with E-state index in [-0.39, 0.29) is 48.2 Å². The molecular weight excluding hydrogens is 809 g/mol. The molecule has 0 aliphatic carbocycles. The van der Waals surface area contributed by atoms with Crippen molar-refractivity contribution in [3.8, 4) is 16.9 Å². The van der Waals surface area contributed by atoms with E-state index in [0.717, 1.165) is 46.6 Å². The number of nitrogens with zero attached hydrogens (tertiary/aromatic N) is 2. The number of para-hydroxylation sites is 1. The third-order valence-corrected chi connectivity index (χ3v) is 11.7. The SMILES string of the molecule is CC(Cc1cccc(CC(=O)NCc2ccc(N(C)C(=O)CCN3CCC(OC(=O)Nc4ccccc4-c4ccccc4)CC3)cc2)c1)NC[C@H](O)c1ccc(O)c2[nH]c(=O)ccc12. The topological polar surface area (TPSA) is 176 Å². The van der Waals surface area contributed by atoms with Crippen LogP contribution in [0.25, 0.3) is 22.0 Å². The van der Waals surface area contributed by atoms with Gasteiger partial charge in [-0.25, -0.2) is 4.79 Å². The first-order valence-electron chi connectivity index (χ1n) is 21.8. The largest absolute Gasteiger partial charge is 0.506 e. The first-order valence-corrected chi connectivity index (χ1v) is 21.8. The van der Waals surface area contributed by atoms with Gasteiger partial charge >= 0.3 is 6.09 Å². The van der Waals surface area contributed by atoms with E-state index in [9.17, 15) is 29.4 Å². The maximum Gasteiger partial charge on any atom is 0.411 e. The molecule has 0 radical (unpaired) electrons. The van der Waals surface area contributed by atoms with Gasteiger partial charge in [0.1, 0.15) is 11.9 Å². The number of H-pyrrole nitrogens is 1. The monoisotopic (exact) mass is 864 g/mol. The molecule has 0 saturated carbocycles. The average molecular weight is 865 g/mol. The van der Waals surface area contributed by atoms with E-state index >= 15 is 0 Å². The quantitative estimate of drug-likeness (QED) is 0.0560. The number of carbonyl (C=O) groups is 3. The van der Waals surface area contributed by atoms with Crippen molar-refractivity contribution in [2.24, 2.45) is 0 Å². The van der Waals surface area contributed by atoms with Crippen LogP contribution in [-0.4, -0.2) is 83.4 Å². The second-order valence-electron chi connectivity index (χ2n) is 16.4. The number of carbonyl (C=O) groups excluding carboxylic acids is 3. The number of aromatic hydroxyl groups is 1. The number of pyridine rings is 1. The minimum atomic E-state index is -0.863. The minimum absolute atomic E-state index is 0.00302. The molecule has 1 saturated heterocycles. The molecule has 3 amide bonds. The number of aromatic nitrogens is 1. The standard InChI is InChI=1S/C51H56N6O7/c1-34(52-33-46(59)42-19-21-45(58)50-43(42)20-22-47(60)55-50)29-36-9-8-10-37(30-36)31-48(61)53-32-35-15-17-39(18-16-35)56(2)49(62)25-28-57-26-23-40(24-27-57)64-51(63)54-44-14-7-6-13-41(44)38-11-4-3-5-12-38/h3-22,30,34,40,46,52,58-59H,23-29,31-33H2,1-2H3,(H,53,61)(H,54,63)(H,55,60)/t34?,46-/m0/s1. The number of benzene rings is 5. The zero-order chi connectivity index (χ0) is 45.0. The van der Waals surface area contributed by atoms with Crippen molar-refractivity contribution in [2.45, 2.75) is 63.8 Å². The Morgan fingerprint density at radius 3 is 2.38 bits per heavy atom. The summed E-state index contributed by atoms with van der Waals surface area (Å²) in [5.41, 5.74) is 6.84. The molecule has 2 heterocycles. The number of amides is 3. The number of fused-ring (bicyclic) bond motifs is 1. The predicted molar refractivity (Wildman–Crippen MR) is 250 cm³/mol. The van der Waals surface area contributed by atoms with Gasteiger partial charge in [0, 0.05) is 74.9 Å². The summed E-state index contributed by atoms with van der Waals surface area (Å²) in [5.74, 6) is -0.154. The van der Waals surface area contributed by atoms with Gasteiger partial charge in [-0.2, -0.15) is 0 Å². The van der Waals surface area contributed by atoms with Gasteiger partial charge in [-0.15, -0.1) is 0 Å². The summed E-state index contributed by atoms with van der Waals surface area (Å²) >= 11 is 0. The van der Waals surface area contributed by atoms with E-state index < -0.39 is 12.2 Å². The van der Waals surface area contributed by atoms with Gasteiger partial charge in [0.15, 0.2) is 0 Å². The van der Waals surface area contributed by atoms with Crippen molar-refractivity contribution in [3.63, 3.8) is 0 Å². The Bertz CT molecular complexity index is 2590. The Balaban J connectivity index is 0.790. The number of hydrogen-bond donors (Lipinski definition) is 6. The van der Waals surface area contributed by atoms with Crippen molar-refractivity contribution in [3.05, 3.63) is 160 Å². The summed E-state index contributed by atoms with van der Waals surface area (Å²) in [5, 5.41) is 31.0. The number of piperidine rings is 1. The van der Waals surface area contributed by atoms with Crippen LogP contribution in [0.2, 0.25) is 0 Å². The van der Waals surface area contributed by atoms with Gasteiger partial charge in [0.25, 0.3) is 0 Å². The lowest BCUT2D eigenvalue weighted by Crippen LogP contribution is -2.40. The zero-order valence-electron chi connectivity index (χ0n) is 36.3. The lowest BCUT2D eigenvalue weighted by molar-refractivity contribution is -0.120. The molecule has 6 aromatic rings. The molecule has 2 atom stereocenters. The number of ether oxygens (including phenoxy) is 1. The summed E-state index contributed by atoms with van der Waals surface area (Å²) in [4.78, 5) is 57.2. The second kappa shape index (κ2) is 21.5. The summed E-state index contributed by atoms with van der Waals surface area (Å²) in [6, 6.07) is 39.2. The molecule has 13 heteroatoms. The summed E-state index contributed by atoms with van der Waals surface area (Å²) < 4.78 is 5.78. The fourth-order valence-corrected chi connectivity index (χ4v) is 8.12. The van der Waals surface area contributed by atoms with Gasteiger partial charge in [-0.1, -0.05) is 91.0 Å². The molecule has 6 N–H and O–H groups in total. The molecule has 0 bridgehead atoms. The van der Waals surface area contributed by atoms with E-state index in [1.165, 1.54) is 12.1 Å². The third kappa shape index (κ3) is 12.2. The molecule has 1 aromatic heterocycles. The molecule has 5 aromatic carbocycles. The number of aromatic amines is 1. The summed E-state index contributed by atoms with van der Waals surface area (Å²) in [6.07, 6.45) is 1.13. The van der Waals surface area contributed by atoms with Crippen LogP contribution in [-0.2, 0) is 33.7 Å². The van der Waals surface area contributed by atoms with Gasteiger partial charge < -0.3 is 40.4 Å². The Hall–Kier alpha value is -6.80. The molecule has 0 spiro atoms. The minimum Gasteiger partial charge on any atom is -0.506 e. The molecule has 13 nitrogen and oxygen atoms in total. The van der Waals surface area contributed by atoms with Crippen molar-refractivity contribution in [2.75, 3.05) is 43.4 Å². The molecule has 1 aliphatic rings. The maximum atomic E-state index is 13.2. The molecule has 1 fully saturated rings. The Morgan fingerprint density at radius 2 is 1.59 bits per heavy atom. The molecular formula is C51H56N6O7. The highest BCUT2D eigenvalue weighted by molar-refractivity contribution is 5.93. The van der Waals surface area contributed by atoms with Gasteiger partial charge in [-0.05, 0) is 84.3 Å². The van der Waals surface area contributed by atoms with Gasteiger partial charge in [0.2, 0.25) is 17.4 Å². The lowest BCUT2D eigenvalue weighted by Gasteiger charge is -2.31. The molecule has 64 heavy (non-hydrogen) atoms. The number of anilines is 2. The molecule has 1 aliphatic heterocycles. The number of likely N-dealkylation sites (tertiary alicyclic amines) is 1. The van der Waals surface area contributed by atoms with Crippen molar-refractivity contribution >= 4 is 40.2 Å². The number of aliphatic hydroxyl groups is 1. The van der Waals surface area contributed by atoms with Crippen LogP contribution in [0.15, 0.2) is 132 Å². The van der Waals surface area contributed by atoms with Crippen LogP contribution in [0.4, 0.5) is 16.2 Å². The van der Waals surface area contributed by atoms with E-state index in [4.69, 9.17) is 4.74 Å². The highest BCUT2D eigenvalue weighted by Gasteiger charge is 2.24. The summed E-state index contributed by atoms with van der Waals surface area (Å²) in [7, 11) is 1.77. The van der Waals surface area contributed by atoms with Crippen LogP contribution in [0.5, 0.6) is 5.75 Å². The van der Waals surface area contributed by atoms with E-state index in [2.05, 4.69) is 25.8 Å². The van der Waals surface area contributed by atoms with Gasteiger partial charge in [0.05, 0.1) is 23.7 Å². The van der Waals surface area contributed by atoms with Gasteiger partial charge in [-0.3, -0.25) is 19.7 Å². The number of phenols is 1. The highest BCUT2D eigenvalue weighted by atomic mass is 16.6.